The second kappa shape index (κ2) is 9.72. The van der Waals surface area contributed by atoms with Gasteiger partial charge in [-0.25, -0.2) is 0 Å². The average molecular weight is 247 g/mol. The third kappa shape index (κ3) is 6.45. The molecule has 0 unspecified atom stereocenters. The van der Waals surface area contributed by atoms with Gasteiger partial charge in [-0.15, -0.1) is 6.58 Å². The van der Waals surface area contributed by atoms with Crippen molar-refractivity contribution in [3.05, 3.63) is 42.5 Å². The molecule has 1 aromatic rings. The molecule has 0 saturated carbocycles. The predicted octanol–water partition coefficient (Wildman–Crippen LogP) is 3.92. The Bertz CT molecular complexity index is 336. The lowest BCUT2D eigenvalue weighted by Crippen LogP contribution is -2.14. The molecule has 2 nitrogen and oxygen atoms in total. The Morgan fingerprint density at radius 3 is 2.94 bits per heavy atom. The number of benzene rings is 1. The summed E-state index contributed by atoms with van der Waals surface area (Å²) < 4.78 is 5.48. The molecule has 0 aliphatic heterocycles. The molecule has 0 aliphatic carbocycles. The first-order chi connectivity index (χ1) is 8.86. The molecule has 0 aromatic heterocycles. The molecule has 18 heavy (non-hydrogen) atoms. The van der Waals surface area contributed by atoms with Gasteiger partial charge >= 0.3 is 0 Å². The number of hydrogen-bond acceptors (Lipinski definition) is 2. The minimum Gasteiger partial charge on any atom is -0.494 e. The van der Waals surface area contributed by atoms with Crippen LogP contribution in [0.25, 0.3) is 0 Å². The highest BCUT2D eigenvalue weighted by atomic mass is 16.5. The molecule has 0 bridgehead atoms. The Hall–Kier alpha value is -1.28. The molecule has 0 fully saturated rings. The van der Waals surface area contributed by atoms with Crippen molar-refractivity contribution in [3.63, 3.8) is 0 Å². The highest BCUT2D eigenvalue weighted by molar-refractivity contribution is 5.28. The first-order valence-corrected chi connectivity index (χ1v) is 6.90. The van der Waals surface area contributed by atoms with E-state index >= 15 is 0 Å². The average Bonchev–Trinajstić information content (AvgIpc) is 2.39. The summed E-state index contributed by atoms with van der Waals surface area (Å²) in [4.78, 5) is 0. The van der Waals surface area contributed by atoms with Gasteiger partial charge in [0.2, 0.25) is 0 Å². The zero-order valence-corrected chi connectivity index (χ0v) is 11.5. The van der Waals surface area contributed by atoms with Crippen LogP contribution in [0.4, 0.5) is 0 Å². The second-order valence-corrected chi connectivity index (χ2v) is 4.40. The van der Waals surface area contributed by atoms with Gasteiger partial charge in [0, 0.05) is 6.54 Å². The number of nitrogens with one attached hydrogen (secondary N) is 1. The lowest BCUT2D eigenvalue weighted by Gasteiger charge is -2.07. The number of rotatable bonds is 10. The van der Waals surface area contributed by atoms with Crippen molar-refractivity contribution < 1.29 is 4.74 Å². The minimum absolute atomic E-state index is 0.722. The van der Waals surface area contributed by atoms with Crippen molar-refractivity contribution in [2.24, 2.45) is 0 Å². The van der Waals surface area contributed by atoms with Crippen molar-refractivity contribution in [1.29, 1.82) is 0 Å². The number of allylic oxidation sites excluding steroid dienone is 1. The highest BCUT2D eigenvalue weighted by Gasteiger charge is 1.96. The van der Waals surface area contributed by atoms with Crippen molar-refractivity contribution in [2.45, 2.75) is 39.2 Å². The maximum Gasteiger partial charge on any atom is 0.119 e. The van der Waals surface area contributed by atoms with Crippen molar-refractivity contribution in [3.8, 4) is 5.75 Å². The van der Waals surface area contributed by atoms with E-state index in [9.17, 15) is 0 Å². The van der Waals surface area contributed by atoms with E-state index in [2.05, 4.69) is 24.0 Å². The first kappa shape index (κ1) is 14.8. The van der Waals surface area contributed by atoms with Gasteiger partial charge < -0.3 is 10.1 Å². The van der Waals surface area contributed by atoms with Crippen LogP contribution in [0.5, 0.6) is 5.75 Å². The van der Waals surface area contributed by atoms with Crippen molar-refractivity contribution in [2.75, 3.05) is 13.2 Å². The first-order valence-electron chi connectivity index (χ1n) is 6.90. The molecule has 1 rings (SSSR count). The number of ether oxygens (including phenoxy) is 1. The van der Waals surface area contributed by atoms with E-state index in [1.54, 1.807) is 0 Å². The summed E-state index contributed by atoms with van der Waals surface area (Å²) in [5.74, 6) is 0.961. The van der Waals surface area contributed by atoms with Gasteiger partial charge in [0.25, 0.3) is 0 Å². The SMILES string of the molecule is C=CCCCCCNCc1cccc(OCC)c1. The van der Waals surface area contributed by atoms with E-state index in [0.717, 1.165) is 31.9 Å². The Morgan fingerprint density at radius 1 is 1.28 bits per heavy atom. The molecule has 1 aromatic carbocycles. The van der Waals surface area contributed by atoms with Crippen LogP contribution in [0, 0.1) is 0 Å². The standard InChI is InChI=1S/C16H25NO/c1-3-5-6-7-8-12-17-14-15-10-9-11-16(13-15)18-4-2/h3,9-11,13,17H,1,4-8,12,14H2,2H3. The summed E-state index contributed by atoms with van der Waals surface area (Å²) in [7, 11) is 0. The topological polar surface area (TPSA) is 21.3 Å². The van der Waals surface area contributed by atoms with Gasteiger partial charge in [-0.05, 0) is 50.4 Å². The largest absolute Gasteiger partial charge is 0.494 e. The molecule has 100 valence electrons. The zero-order valence-electron chi connectivity index (χ0n) is 11.5. The summed E-state index contributed by atoms with van der Waals surface area (Å²) >= 11 is 0. The van der Waals surface area contributed by atoms with Crippen molar-refractivity contribution in [1.82, 2.24) is 5.32 Å². The summed E-state index contributed by atoms with van der Waals surface area (Å²) in [6.07, 6.45) is 6.89. The summed E-state index contributed by atoms with van der Waals surface area (Å²) in [5, 5.41) is 3.47. The molecule has 0 radical (unpaired) electrons. The van der Waals surface area contributed by atoms with Gasteiger partial charge in [0.05, 0.1) is 6.61 Å². The highest BCUT2D eigenvalue weighted by Crippen LogP contribution is 2.13. The lowest BCUT2D eigenvalue weighted by atomic mass is 10.2. The fourth-order valence-electron chi connectivity index (χ4n) is 1.86. The third-order valence-electron chi connectivity index (χ3n) is 2.80. The van der Waals surface area contributed by atoms with Crippen LogP contribution in [0.1, 0.15) is 38.2 Å². The fourth-order valence-corrected chi connectivity index (χ4v) is 1.86. The summed E-state index contributed by atoms with van der Waals surface area (Å²) in [5.41, 5.74) is 1.28. The van der Waals surface area contributed by atoms with E-state index in [1.165, 1.54) is 24.8 Å². The molecular formula is C16H25NO. The number of hydrogen-bond donors (Lipinski definition) is 1. The monoisotopic (exact) mass is 247 g/mol. The van der Waals surface area contributed by atoms with E-state index < -0.39 is 0 Å². The van der Waals surface area contributed by atoms with Crippen LogP contribution in [-0.2, 0) is 6.54 Å². The predicted molar refractivity (Wildman–Crippen MR) is 78.0 cm³/mol. The van der Waals surface area contributed by atoms with Crippen LogP contribution in [0.2, 0.25) is 0 Å². The normalized spacial score (nSPS) is 10.3. The van der Waals surface area contributed by atoms with Gasteiger partial charge in [-0.3, -0.25) is 0 Å². The molecule has 1 N–H and O–H groups in total. The molecule has 0 heterocycles. The van der Waals surface area contributed by atoms with E-state index in [-0.39, 0.29) is 0 Å². The van der Waals surface area contributed by atoms with E-state index in [4.69, 9.17) is 4.74 Å². The minimum atomic E-state index is 0.722. The molecule has 0 aliphatic rings. The van der Waals surface area contributed by atoms with Crippen LogP contribution in [0.15, 0.2) is 36.9 Å². The zero-order chi connectivity index (χ0) is 13.1. The Labute approximate surface area is 111 Å². The molecule has 0 atom stereocenters. The summed E-state index contributed by atoms with van der Waals surface area (Å²) in [6.45, 7) is 8.46. The van der Waals surface area contributed by atoms with Crippen LogP contribution < -0.4 is 10.1 Å². The molecule has 0 saturated heterocycles. The van der Waals surface area contributed by atoms with Crippen LogP contribution in [-0.4, -0.2) is 13.2 Å². The molecule has 0 amide bonds. The molecule has 0 spiro atoms. The second-order valence-electron chi connectivity index (χ2n) is 4.40. The third-order valence-corrected chi connectivity index (χ3v) is 2.80. The maximum atomic E-state index is 5.48. The summed E-state index contributed by atoms with van der Waals surface area (Å²) in [6, 6.07) is 8.29. The fraction of sp³-hybridized carbons (Fsp3) is 0.500. The van der Waals surface area contributed by atoms with Gasteiger partial charge in [0.15, 0.2) is 0 Å². The van der Waals surface area contributed by atoms with Gasteiger partial charge in [0.1, 0.15) is 5.75 Å². The molecular weight excluding hydrogens is 222 g/mol. The van der Waals surface area contributed by atoms with Crippen LogP contribution in [0.3, 0.4) is 0 Å². The Balaban J connectivity index is 2.14. The quantitative estimate of drug-likeness (QED) is 0.500. The van der Waals surface area contributed by atoms with Crippen LogP contribution >= 0.6 is 0 Å². The molecule has 2 heteroatoms. The number of unbranched alkanes of at least 4 members (excludes halogenated alkanes) is 3. The van der Waals surface area contributed by atoms with Gasteiger partial charge in [-0.1, -0.05) is 24.6 Å². The van der Waals surface area contributed by atoms with Crippen molar-refractivity contribution >= 4 is 0 Å². The van der Waals surface area contributed by atoms with Gasteiger partial charge in [-0.2, -0.15) is 0 Å². The Morgan fingerprint density at radius 2 is 2.17 bits per heavy atom. The smallest absolute Gasteiger partial charge is 0.119 e. The maximum absolute atomic E-state index is 5.48. The van der Waals surface area contributed by atoms with E-state index in [0.29, 0.717) is 0 Å². The lowest BCUT2D eigenvalue weighted by molar-refractivity contribution is 0.340. The Kier molecular flexibility index (Phi) is 7.98. The van der Waals surface area contributed by atoms with E-state index in [1.807, 2.05) is 25.1 Å².